The van der Waals surface area contributed by atoms with Gasteiger partial charge in [-0.05, 0) is 49.3 Å². The molecule has 25 heavy (non-hydrogen) atoms. The van der Waals surface area contributed by atoms with Crippen LogP contribution in [0.5, 0.6) is 0 Å². The molecule has 3 aliphatic rings. The number of benzene rings is 1. The molecule has 0 bridgehead atoms. The number of hydrogen-bond acceptors (Lipinski definition) is 4. The maximum atomic E-state index is 13.3. The number of para-hydroxylation sites is 1. The van der Waals surface area contributed by atoms with Gasteiger partial charge in [-0.15, -0.1) is 0 Å². The van der Waals surface area contributed by atoms with E-state index in [9.17, 15) is 10.0 Å². The lowest BCUT2D eigenvalue weighted by Crippen LogP contribution is -2.49. The fourth-order valence-electron chi connectivity index (χ4n) is 5.64. The van der Waals surface area contributed by atoms with E-state index in [0.717, 1.165) is 50.0 Å². The van der Waals surface area contributed by atoms with Crippen molar-refractivity contribution in [2.24, 2.45) is 10.6 Å². The second-order valence-corrected chi connectivity index (χ2v) is 7.75. The van der Waals surface area contributed by atoms with Crippen LogP contribution in [0.1, 0.15) is 54.7 Å². The molecule has 5 heteroatoms. The largest absolute Gasteiger partial charge is 0.410 e. The van der Waals surface area contributed by atoms with Gasteiger partial charge in [0.1, 0.15) is 5.71 Å². The highest BCUT2D eigenvalue weighted by molar-refractivity contribution is 6.41. The summed E-state index contributed by atoms with van der Waals surface area (Å²) in [4.78, 5) is 15.8. The number of piperidine rings is 1. The van der Waals surface area contributed by atoms with E-state index in [0.29, 0.717) is 12.1 Å². The summed E-state index contributed by atoms with van der Waals surface area (Å²) in [6.07, 6.45) is 4.76. The van der Waals surface area contributed by atoms with Gasteiger partial charge in [0, 0.05) is 24.0 Å². The molecule has 0 unspecified atom stereocenters. The standard InChI is InChI=1S/C20H23N3O2/c1-2-20-9-5-10-22-11-8-14-13-6-3-4-7-16(13)23(17(14)18(20)22)19(24)15(12-20)21-25/h3-4,6-7,18,25H,2,5,8-12H2,1H3/b21-15-/t18-,20-/m1/s1. The third-order valence-electron chi connectivity index (χ3n) is 6.79. The molecule has 1 N–H and O–H groups in total. The highest BCUT2D eigenvalue weighted by Gasteiger charge is 2.52. The lowest BCUT2D eigenvalue weighted by atomic mass is 9.66. The van der Waals surface area contributed by atoms with E-state index >= 15 is 0 Å². The van der Waals surface area contributed by atoms with Crippen LogP contribution in [0.25, 0.3) is 10.9 Å². The SMILES string of the molecule is CC[C@@]12CCCN3CCc4c(n(c5ccccc45)C(=O)/C(=N\O)C1)[C@@H]32. The molecule has 1 saturated heterocycles. The number of hydrogen-bond donors (Lipinski definition) is 1. The maximum absolute atomic E-state index is 13.3. The van der Waals surface area contributed by atoms with Crippen molar-refractivity contribution in [3.8, 4) is 0 Å². The first-order valence-electron chi connectivity index (χ1n) is 9.32. The Morgan fingerprint density at radius 3 is 2.96 bits per heavy atom. The molecule has 1 aromatic heterocycles. The number of rotatable bonds is 1. The van der Waals surface area contributed by atoms with Gasteiger partial charge < -0.3 is 5.21 Å². The second-order valence-electron chi connectivity index (χ2n) is 7.75. The molecule has 0 radical (unpaired) electrons. The molecule has 130 valence electrons. The van der Waals surface area contributed by atoms with Crippen molar-refractivity contribution in [1.82, 2.24) is 9.47 Å². The Morgan fingerprint density at radius 2 is 2.16 bits per heavy atom. The van der Waals surface area contributed by atoms with Gasteiger partial charge in [0.05, 0.1) is 11.6 Å². The molecule has 1 fully saturated rings. The molecule has 0 aliphatic carbocycles. The minimum atomic E-state index is -0.149. The Kier molecular flexibility index (Phi) is 3.14. The van der Waals surface area contributed by atoms with Crippen LogP contribution in [-0.4, -0.2) is 39.4 Å². The maximum Gasteiger partial charge on any atom is 0.280 e. The van der Waals surface area contributed by atoms with Crippen LogP contribution in [0.15, 0.2) is 29.4 Å². The van der Waals surface area contributed by atoms with E-state index in [4.69, 9.17) is 0 Å². The summed E-state index contributed by atoms with van der Waals surface area (Å²) in [5, 5.41) is 14.3. The Morgan fingerprint density at radius 1 is 1.32 bits per heavy atom. The number of nitrogens with zero attached hydrogens (tertiary/aromatic N) is 3. The summed E-state index contributed by atoms with van der Waals surface area (Å²) in [6.45, 7) is 4.36. The Labute approximate surface area is 146 Å². The third kappa shape index (κ3) is 1.82. The van der Waals surface area contributed by atoms with Crippen LogP contribution in [0.3, 0.4) is 0 Å². The molecule has 1 aromatic carbocycles. The summed E-state index contributed by atoms with van der Waals surface area (Å²) < 4.78 is 1.86. The van der Waals surface area contributed by atoms with Crippen LogP contribution in [0, 0.1) is 5.41 Å². The molecule has 5 nitrogen and oxygen atoms in total. The minimum absolute atomic E-state index is 0.0206. The van der Waals surface area contributed by atoms with Crippen molar-refractivity contribution in [2.45, 2.75) is 45.1 Å². The molecule has 5 rings (SSSR count). The van der Waals surface area contributed by atoms with Crippen LogP contribution in [0.4, 0.5) is 0 Å². The predicted molar refractivity (Wildman–Crippen MR) is 96.4 cm³/mol. The summed E-state index contributed by atoms with van der Waals surface area (Å²) >= 11 is 0. The molecule has 0 saturated carbocycles. The number of carbonyl (C=O) groups excluding carboxylic acids is 1. The molecule has 2 aromatic rings. The zero-order valence-corrected chi connectivity index (χ0v) is 14.5. The zero-order chi connectivity index (χ0) is 17.2. The highest BCUT2D eigenvalue weighted by Crippen LogP contribution is 2.55. The van der Waals surface area contributed by atoms with Gasteiger partial charge in [-0.1, -0.05) is 30.3 Å². The number of carbonyl (C=O) groups is 1. The van der Waals surface area contributed by atoms with Crippen molar-refractivity contribution in [3.05, 3.63) is 35.5 Å². The normalized spacial score (nSPS) is 30.5. The van der Waals surface area contributed by atoms with Crippen molar-refractivity contribution in [1.29, 1.82) is 0 Å². The fourth-order valence-corrected chi connectivity index (χ4v) is 5.64. The van der Waals surface area contributed by atoms with Crippen molar-refractivity contribution in [2.75, 3.05) is 13.1 Å². The lowest BCUT2D eigenvalue weighted by molar-refractivity contribution is 0.00376. The average Bonchev–Trinajstić information content (AvgIpc) is 2.94. The van der Waals surface area contributed by atoms with Crippen LogP contribution in [-0.2, 0) is 6.42 Å². The first kappa shape index (κ1) is 15.1. The fraction of sp³-hybridized carbons (Fsp3) is 0.500. The number of oxime groups is 1. The summed E-state index contributed by atoms with van der Waals surface area (Å²) in [7, 11) is 0. The Bertz CT molecular complexity index is 913. The first-order chi connectivity index (χ1) is 12.2. The first-order valence-corrected chi connectivity index (χ1v) is 9.32. The monoisotopic (exact) mass is 337 g/mol. The van der Waals surface area contributed by atoms with Gasteiger partial charge >= 0.3 is 0 Å². The molecule has 3 aliphatic heterocycles. The van der Waals surface area contributed by atoms with Gasteiger partial charge in [-0.25, -0.2) is 0 Å². The molecular formula is C20H23N3O2. The molecule has 0 spiro atoms. The van der Waals surface area contributed by atoms with E-state index < -0.39 is 0 Å². The molecule has 0 amide bonds. The van der Waals surface area contributed by atoms with Gasteiger partial charge in [0.15, 0.2) is 0 Å². The molecular weight excluding hydrogens is 314 g/mol. The van der Waals surface area contributed by atoms with Gasteiger partial charge in [0.2, 0.25) is 0 Å². The van der Waals surface area contributed by atoms with E-state index in [1.807, 2.05) is 22.8 Å². The van der Waals surface area contributed by atoms with E-state index in [2.05, 4.69) is 23.0 Å². The Hall–Kier alpha value is -2.14. The van der Waals surface area contributed by atoms with E-state index in [1.54, 1.807) is 0 Å². The van der Waals surface area contributed by atoms with Crippen molar-refractivity contribution >= 4 is 22.5 Å². The van der Waals surface area contributed by atoms with Crippen LogP contribution >= 0.6 is 0 Å². The van der Waals surface area contributed by atoms with E-state index in [1.165, 1.54) is 10.9 Å². The summed E-state index contributed by atoms with van der Waals surface area (Å²) in [5.74, 6) is -0.149. The quantitative estimate of drug-likeness (QED) is 0.639. The van der Waals surface area contributed by atoms with Crippen LogP contribution in [0.2, 0.25) is 0 Å². The smallest absolute Gasteiger partial charge is 0.280 e. The minimum Gasteiger partial charge on any atom is -0.410 e. The summed E-state index contributed by atoms with van der Waals surface area (Å²) in [5.41, 5.74) is 3.73. The number of aromatic nitrogens is 1. The van der Waals surface area contributed by atoms with E-state index in [-0.39, 0.29) is 17.4 Å². The van der Waals surface area contributed by atoms with Crippen molar-refractivity contribution in [3.63, 3.8) is 0 Å². The predicted octanol–water partition coefficient (Wildman–Crippen LogP) is 3.60. The Balaban J connectivity index is 1.91. The van der Waals surface area contributed by atoms with Gasteiger partial charge in [0.25, 0.3) is 5.91 Å². The third-order valence-corrected chi connectivity index (χ3v) is 6.79. The second kappa shape index (κ2) is 5.18. The zero-order valence-electron chi connectivity index (χ0n) is 14.5. The topological polar surface area (TPSA) is 57.8 Å². The summed E-state index contributed by atoms with van der Waals surface area (Å²) in [6, 6.07) is 8.42. The lowest BCUT2D eigenvalue weighted by Gasteiger charge is -2.51. The van der Waals surface area contributed by atoms with Crippen molar-refractivity contribution < 1.29 is 10.0 Å². The van der Waals surface area contributed by atoms with Gasteiger partial charge in [-0.3, -0.25) is 14.3 Å². The number of fused-ring (bicyclic) bond motifs is 3. The van der Waals surface area contributed by atoms with Gasteiger partial charge in [-0.2, -0.15) is 0 Å². The highest BCUT2D eigenvalue weighted by atomic mass is 16.4. The molecule has 4 heterocycles. The molecule has 2 atom stereocenters. The van der Waals surface area contributed by atoms with Crippen LogP contribution < -0.4 is 0 Å². The average molecular weight is 337 g/mol.